The maximum atomic E-state index is 12.2. The number of nitrogens with zero attached hydrogens (tertiary/aromatic N) is 1. The summed E-state index contributed by atoms with van der Waals surface area (Å²) in [5.74, 6) is -0.0485. The summed E-state index contributed by atoms with van der Waals surface area (Å²) >= 11 is 4.35. The van der Waals surface area contributed by atoms with Crippen LogP contribution in [0, 0.1) is 6.92 Å². The standard InChI is InChI=1S/C21H19BrN2O4S/c1-3-24-20(26)18(29-21(24)27)11-14-6-9-17(16(22)10-14)28-12-19(25)23-15-7-4-13(2)5-8-15/h4-11H,3,12H2,1-2H3,(H,23,25). The van der Waals surface area contributed by atoms with Crippen molar-refractivity contribution >= 4 is 56.5 Å². The van der Waals surface area contributed by atoms with Crippen LogP contribution in [0.5, 0.6) is 5.75 Å². The molecular formula is C21H19BrN2O4S. The molecule has 1 aliphatic heterocycles. The third kappa shape index (κ3) is 5.27. The van der Waals surface area contributed by atoms with Gasteiger partial charge in [0, 0.05) is 12.2 Å². The monoisotopic (exact) mass is 474 g/mol. The number of hydrogen-bond acceptors (Lipinski definition) is 5. The van der Waals surface area contributed by atoms with E-state index in [-0.39, 0.29) is 23.7 Å². The van der Waals surface area contributed by atoms with Crippen LogP contribution in [0.25, 0.3) is 6.08 Å². The van der Waals surface area contributed by atoms with Gasteiger partial charge in [-0.25, -0.2) is 0 Å². The van der Waals surface area contributed by atoms with Crippen molar-refractivity contribution in [1.29, 1.82) is 0 Å². The van der Waals surface area contributed by atoms with Gasteiger partial charge in [0.05, 0.1) is 9.38 Å². The molecule has 3 rings (SSSR count). The Bertz CT molecular complexity index is 989. The Morgan fingerprint density at radius 3 is 2.55 bits per heavy atom. The number of amides is 3. The fourth-order valence-corrected chi connectivity index (χ4v) is 4.04. The molecule has 2 aromatic carbocycles. The maximum Gasteiger partial charge on any atom is 0.293 e. The fraction of sp³-hybridized carbons (Fsp3) is 0.190. The molecule has 1 N–H and O–H groups in total. The highest BCUT2D eigenvalue weighted by atomic mass is 79.9. The molecule has 0 unspecified atom stereocenters. The predicted molar refractivity (Wildman–Crippen MR) is 118 cm³/mol. The summed E-state index contributed by atoms with van der Waals surface area (Å²) in [5.41, 5.74) is 2.57. The molecule has 0 saturated carbocycles. The van der Waals surface area contributed by atoms with Crippen molar-refractivity contribution in [3.8, 4) is 5.75 Å². The van der Waals surface area contributed by atoms with Crippen LogP contribution in [-0.2, 0) is 9.59 Å². The number of imide groups is 1. The third-order valence-electron chi connectivity index (χ3n) is 4.14. The molecule has 2 aromatic rings. The van der Waals surface area contributed by atoms with Crippen molar-refractivity contribution in [2.24, 2.45) is 0 Å². The quantitative estimate of drug-likeness (QED) is 0.606. The molecule has 1 saturated heterocycles. The van der Waals surface area contributed by atoms with Gasteiger partial charge in [-0.1, -0.05) is 23.8 Å². The molecule has 29 heavy (non-hydrogen) atoms. The lowest BCUT2D eigenvalue weighted by atomic mass is 10.2. The topological polar surface area (TPSA) is 75.7 Å². The molecule has 1 aliphatic rings. The van der Waals surface area contributed by atoms with Crippen molar-refractivity contribution < 1.29 is 19.1 Å². The minimum atomic E-state index is -0.285. The third-order valence-corrected chi connectivity index (χ3v) is 5.66. The lowest BCUT2D eigenvalue weighted by Crippen LogP contribution is -2.27. The molecule has 0 spiro atoms. The van der Waals surface area contributed by atoms with E-state index in [0.29, 0.717) is 27.4 Å². The number of thioether (sulfide) groups is 1. The summed E-state index contributed by atoms with van der Waals surface area (Å²) in [6.45, 7) is 3.95. The molecule has 1 fully saturated rings. The first-order valence-corrected chi connectivity index (χ1v) is 10.5. The Morgan fingerprint density at radius 2 is 1.93 bits per heavy atom. The van der Waals surface area contributed by atoms with Crippen LogP contribution in [0.15, 0.2) is 51.8 Å². The molecule has 0 atom stereocenters. The van der Waals surface area contributed by atoms with E-state index in [4.69, 9.17) is 4.74 Å². The largest absolute Gasteiger partial charge is 0.483 e. The normalized spacial score (nSPS) is 15.1. The van der Waals surface area contributed by atoms with Crippen LogP contribution in [-0.4, -0.2) is 35.1 Å². The summed E-state index contributed by atoms with van der Waals surface area (Å²) in [5, 5.41) is 2.51. The minimum Gasteiger partial charge on any atom is -0.483 e. The summed E-state index contributed by atoms with van der Waals surface area (Å²) in [7, 11) is 0. The van der Waals surface area contributed by atoms with Gasteiger partial charge in [-0.3, -0.25) is 19.3 Å². The van der Waals surface area contributed by atoms with Gasteiger partial charge in [0.25, 0.3) is 17.1 Å². The second kappa shape index (κ2) is 9.28. The zero-order valence-corrected chi connectivity index (χ0v) is 18.3. The van der Waals surface area contributed by atoms with Crippen LogP contribution in [0.3, 0.4) is 0 Å². The van der Waals surface area contributed by atoms with E-state index in [1.54, 1.807) is 31.2 Å². The lowest BCUT2D eigenvalue weighted by Gasteiger charge is -2.10. The molecule has 0 radical (unpaired) electrons. The van der Waals surface area contributed by atoms with E-state index in [1.165, 1.54) is 4.90 Å². The van der Waals surface area contributed by atoms with Crippen molar-refractivity contribution in [3.63, 3.8) is 0 Å². The number of anilines is 1. The van der Waals surface area contributed by atoms with Gasteiger partial charge in [-0.05, 0) is 77.4 Å². The Hall–Kier alpha value is -2.58. The Morgan fingerprint density at radius 1 is 1.21 bits per heavy atom. The van der Waals surface area contributed by atoms with Crippen LogP contribution >= 0.6 is 27.7 Å². The van der Waals surface area contributed by atoms with Gasteiger partial charge in [-0.15, -0.1) is 0 Å². The molecule has 0 aromatic heterocycles. The number of carbonyl (C=O) groups excluding carboxylic acids is 3. The average Bonchev–Trinajstić information content (AvgIpc) is 2.95. The summed E-state index contributed by atoms with van der Waals surface area (Å²) < 4.78 is 6.22. The van der Waals surface area contributed by atoms with E-state index < -0.39 is 0 Å². The zero-order chi connectivity index (χ0) is 21.0. The number of rotatable bonds is 6. The molecular weight excluding hydrogens is 456 g/mol. The first kappa shape index (κ1) is 21.1. The molecule has 0 aliphatic carbocycles. The first-order chi connectivity index (χ1) is 13.9. The van der Waals surface area contributed by atoms with Gasteiger partial charge in [0.15, 0.2) is 6.61 Å². The number of likely N-dealkylation sites (N-methyl/N-ethyl adjacent to an activating group) is 1. The summed E-state index contributed by atoms with van der Waals surface area (Å²) in [4.78, 5) is 37.6. The average molecular weight is 475 g/mol. The van der Waals surface area contributed by atoms with Crippen molar-refractivity contribution in [3.05, 3.63) is 63.0 Å². The number of halogens is 1. The maximum absolute atomic E-state index is 12.2. The number of hydrogen-bond donors (Lipinski definition) is 1. The Balaban J connectivity index is 1.62. The molecule has 150 valence electrons. The van der Waals surface area contributed by atoms with Crippen LogP contribution in [0.1, 0.15) is 18.1 Å². The summed E-state index contributed by atoms with van der Waals surface area (Å²) in [6.07, 6.45) is 1.67. The zero-order valence-electron chi connectivity index (χ0n) is 15.9. The molecule has 6 nitrogen and oxygen atoms in total. The van der Waals surface area contributed by atoms with E-state index in [9.17, 15) is 14.4 Å². The SMILES string of the molecule is CCN1C(=O)SC(=Cc2ccc(OCC(=O)Nc3ccc(C)cc3)c(Br)c2)C1=O. The second-order valence-electron chi connectivity index (χ2n) is 6.32. The number of aryl methyl sites for hydroxylation is 1. The number of carbonyl (C=O) groups is 3. The van der Waals surface area contributed by atoms with Crippen LogP contribution in [0.4, 0.5) is 10.5 Å². The highest BCUT2D eigenvalue weighted by molar-refractivity contribution is 9.10. The van der Waals surface area contributed by atoms with Gasteiger partial charge in [-0.2, -0.15) is 0 Å². The molecule has 8 heteroatoms. The molecule has 0 bridgehead atoms. The van der Waals surface area contributed by atoms with Gasteiger partial charge in [0.2, 0.25) is 0 Å². The second-order valence-corrected chi connectivity index (χ2v) is 8.17. The molecule has 1 heterocycles. The van der Waals surface area contributed by atoms with Crippen LogP contribution < -0.4 is 10.1 Å². The van der Waals surface area contributed by atoms with Gasteiger partial charge in [0.1, 0.15) is 5.75 Å². The lowest BCUT2D eigenvalue weighted by molar-refractivity contribution is -0.122. The van der Waals surface area contributed by atoms with E-state index in [2.05, 4.69) is 21.2 Å². The Labute approximate surface area is 181 Å². The Kier molecular flexibility index (Phi) is 6.76. The number of ether oxygens (including phenoxy) is 1. The molecule has 3 amide bonds. The first-order valence-electron chi connectivity index (χ1n) is 8.91. The van der Waals surface area contributed by atoms with Gasteiger partial charge < -0.3 is 10.1 Å². The van der Waals surface area contributed by atoms with E-state index in [0.717, 1.165) is 22.9 Å². The fourth-order valence-electron chi connectivity index (χ4n) is 2.63. The number of nitrogens with one attached hydrogen (secondary N) is 1. The highest BCUT2D eigenvalue weighted by Crippen LogP contribution is 2.33. The van der Waals surface area contributed by atoms with Gasteiger partial charge >= 0.3 is 0 Å². The van der Waals surface area contributed by atoms with Crippen molar-refractivity contribution in [2.75, 3.05) is 18.5 Å². The summed E-state index contributed by atoms with van der Waals surface area (Å²) in [6, 6.07) is 12.7. The predicted octanol–water partition coefficient (Wildman–Crippen LogP) is 4.83. The minimum absolute atomic E-state index is 0.138. The van der Waals surface area contributed by atoms with E-state index >= 15 is 0 Å². The van der Waals surface area contributed by atoms with Crippen LogP contribution in [0.2, 0.25) is 0 Å². The number of benzene rings is 2. The van der Waals surface area contributed by atoms with E-state index in [1.807, 2.05) is 31.2 Å². The highest BCUT2D eigenvalue weighted by Gasteiger charge is 2.33. The smallest absolute Gasteiger partial charge is 0.293 e. The van der Waals surface area contributed by atoms with Crippen molar-refractivity contribution in [1.82, 2.24) is 4.90 Å². The van der Waals surface area contributed by atoms with Crippen molar-refractivity contribution in [2.45, 2.75) is 13.8 Å².